The summed E-state index contributed by atoms with van der Waals surface area (Å²) in [6.45, 7) is 0. The summed E-state index contributed by atoms with van der Waals surface area (Å²) in [4.78, 5) is 11.1. The molecule has 0 fully saturated rings. The summed E-state index contributed by atoms with van der Waals surface area (Å²) in [5, 5.41) is 8.97. The van der Waals surface area contributed by atoms with Crippen molar-refractivity contribution in [1.82, 2.24) is 0 Å². The zero-order valence-electron chi connectivity index (χ0n) is 8.24. The molecule has 16 heavy (non-hydrogen) atoms. The Morgan fingerprint density at radius 3 is 2.69 bits per heavy atom. The largest absolute Gasteiger partial charge is 0.506 e. The molecule has 0 bridgehead atoms. The molecular formula is C9H10Cl2FNO3. The second-order valence-electron chi connectivity index (χ2n) is 2.80. The number of phenols is 1. The normalized spacial score (nSPS) is 11.5. The fourth-order valence-electron chi connectivity index (χ4n) is 1.06. The summed E-state index contributed by atoms with van der Waals surface area (Å²) in [6, 6.07) is 1.01. The predicted octanol–water partition coefficient (Wildman–Crippen LogP) is 1.78. The Morgan fingerprint density at radius 1 is 1.62 bits per heavy atom. The fraction of sp³-hybridized carbons (Fsp3) is 0.222. The summed E-state index contributed by atoms with van der Waals surface area (Å²) >= 11 is 5.44. The minimum atomic E-state index is -1.19. The number of aromatic hydroxyl groups is 1. The highest BCUT2D eigenvalue weighted by Gasteiger charge is 2.22. The van der Waals surface area contributed by atoms with Crippen LogP contribution in [0.1, 0.15) is 11.6 Å². The molecule has 1 rings (SSSR count). The Kier molecular flexibility index (Phi) is 5.50. The lowest BCUT2D eigenvalue weighted by Gasteiger charge is -2.12. The average molecular weight is 270 g/mol. The van der Waals surface area contributed by atoms with Crippen molar-refractivity contribution in [2.75, 3.05) is 7.11 Å². The number of carbonyl (C=O) groups is 1. The molecule has 0 saturated heterocycles. The van der Waals surface area contributed by atoms with E-state index in [2.05, 4.69) is 4.74 Å². The molecule has 1 atom stereocenters. The minimum absolute atomic E-state index is 0. The average Bonchev–Trinajstić information content (AvgIpc) is 2.24. The molecule has 3 N–H and O–H groups in total. The number of rotatable bonds is 2. The van der Waals surface area contributed by atoms with Crippen LogP contribution in [0.3, 0.4) is 0 Å². The first-order valence-corrected chi connectivity index (χ1v) is 4.37. The van der Waals surface area contributed by atoms with Gasteiger partial charge in [0.1, 0.15) is 22.6 Å². The number of nitrogens with two attached hydrogens (primary N) is 1. The number of hydrogen-bond acceptors (Lipinski definition) is 4. The van der Waals surface area contributed by atoms with E-state index in [4.69, 9.17) is 17.3 Å². The lowest BCUT2D eigenvalue weighted by Crippen LogP contribution is -2.22. The van der Waals surface area contributed by atoms with Crippen LogP contribution in [0.2, 0.25) is 5.02 Å². The van der Waals surface area contributed by atoms with Gasteiger partial charge in [-0.25, -0.2) is 4.39 Å². The van der Waals surface area contributed by atoms with Crippen LogP contribution in [0.4, 0.5) is 4.39 Å². The van der Waals surface area contributed by atoms with Crippen molar-refractivity contribution in [3.63, 3.8) is 0 Å². The molecule has 1 aromatic carbocycles. The van der Waals surface area contributed by atoms with Crippen LogP contribution in [-0.4, -0.2) is 18.2 Å². The van der Waals surface area contributed by atoms with E-state index < -0.39 is 28.6 Å². The van der Waals surface area contributed by atoms with Gasteiger partial charge in [0, 0.05) is 5.56 Å². The van der Waals surface area contributed by atoms with Crippen LogP contribution >= 0.6 is 24.0 Å². The van der Waals surface area contributed by atoms with Crippen molar-refractivity contribution in [2.24, 2.45) is 5.73 Å². The molecule has 0 aliphatic rings. The zero-order chi connectivity index (χ0) is 11.6. The van der Waals surface area contributed by atoms with Crippen molar-refractivity contribution >= 4 is 30.0 Å². The highest BCUT2D eigenvalue weighted by atomic mass is 35.5. The van der Waals surface area contributed by atoms with Gasteiger partial charge in [0.2, 0.25) is 0 Å². The van der Waals surface area contributed by atoms with Crippen molar-refractivity contribution in [2.45, 2.75) is 6.04 Å². The number of phenolic OH excluding ortho intramolecular Hbond substituents is 1. The Hall–Kier alpha value is -1.04. The highest BCUT2D eigenvalue weighted by molar-refractivity contribution is 6.32. The molecule has 7 heteroatoms. The number of carbonyl (C=O) groups excluding carboxylic acids is 1. The van der Waals surface area contributed by atoms with E-state index in [-0.39, 0.29) is 18.0 Å². The maximum absolute atomic E-state index is 12.9. The van der Waals surface area contributed by atoms with E-state index in [0.29, 0.717) is 0 Å². The van der Waals surface area contributed by atoms with Crippen LogP contribution in [0.25, 0.3) is 0 Å². The predicted molar refractivity (Wildman–Crippen MR) is 59.3 cm³/mol. The first-order valence-electron chi connectivity index (χ1n) is 3.99. The molecular weight excluding hydrogens is 260 g/mol. The highest BCUT2D eigenvalue weighted by Crippen LogP contribution is 2.33. The van der Waals surface area contributed by atoms with Gasteiger partial charge in [-0.1, -0.05) is 17.7 Å². The van der Waals surface area contributed by atoms with Gasteiger partial charge in [0.25, 0.3) is 0 Å². The molecule has 0 aromatic heterocycles. The number of benzene rings is 1. The monoisotopic (exact) mass is 269 g/mol. The van der Waals surface area contributed by atoms with Crippen LogP contribution in [0, 0.1) is 5.82 Å². The third kappa shape index (κ3) is 2.75. The lowest BCUT2D eigenvalue weighted by molar-refractivity contribution is -0.142. The summed E-state index contributed by atoms with van der Waals surface area (Å²) in [7, 11) is 1.16. The maximum atomic E-state index is 12.9. The van der Waals surface area contributed by atoms with Gasteiger partial charge in [-0.2, -0.15) is 0 Å². The molecule has 0 amide bonds. The number of halogens is 3. The summed E-state index contributed by atoms with van der Waals surface area (Å²) in [5.41, 5.74) is 5.47. The quantitative estimate of drug-likeness (QED) is 0.803. The van der Waals surface area contributed by atoms with Crippen molar-refractivity contribution in [3.8, 4) is 5.75 Å². The molecule has 0 heterocycles. The lowest BCUT2D eigenvalue weighted by atomic mass is 10.1. The SMILES string of the molecule is COC(=O)[C@@H](N)c1ccc(F)c(Cl)c1O.Cl. The van der Waals surface area contributed by atoms with Crippen molar-refractivity contribution < 1.29 is 19.0 Å². The smallest absolute Gasteiger partial charge is 0.327 e. The topological polar surface area (TPSA) is 72.5 Å². The van der Waals surface area contributed by atoms with Crippen LogP contribution in [0.5, 0.6) is 5.75 Å². The standard InChI is InChI=1S/C9H9ClFNO3.ClH/c1-15-9(14)7(12)4-2-3-5(11)6(10)8(4)13;/h2-3,7,13H,12H2,1H3;1H/t7-;/m0./s1. The van der Waals surface area contributed by atoms with Crippen LogP contribution < -0.4 is 5.73 Å². The number of ether oxygens (including phenoxy) is 1. The van der Waals surface area contributed by atoms with E-state index in [1.54, 1.807) is 0 Å². The molecule has 0 aliphatic carbocycles. The van der Waals surface area contributed by atoms with Crippen molar-refractivity contribution in [1.29, 1.82) is 0 Å². The molecule has 0 radical (unpaired) electrons. The van der Waals surface area contributed by atoms with Gasteiger partial charge in [0.15, 0.2) is 0 Å². The molecule has 0 aliphatic heterocycles. The maximum Gasteiger partial charge on any atom is 0.327 e. The van der Waals surface area contributed by atoms with Gasteiger partial charge in [0.05, 0.1) is 7.11 Å². The molecule has 1 aromatic rings. The first-order chi connectivity index (χ1) is 6.99. The molecule has 90 valence electrons. The van der Waals surface area contributed by atoms with Gasteiger partial charge in [-0.3, -0.25) is 4.79 Å². The van der Waals surface area contributed by atoms with Crippen LogP contribution in [0.15, 0.2) is 12.1 Å². The van der Waals surface area contributed by atoms with Gasteiger partial charge in [-0.05, 0) is 6.07 Å². The summed E-state index contributed by atoms with van der Waals surface area (Å²) in [5.74, 6) is -2.07. The van der Waals surface area contributed by atoms with E-state index in [0.717, 1.165) is 13.2 Å². The Morgan fingerprint density at radius 2 is 2.19 bits per heavy atom. The van der Waals surface area contributed by atoms with Gasteiger partial charge in [-0.15, -0.1) is 12.4 Å². The van der Waals surface area contributed by atoms with E-state index >= 15 is 0 Å². The second kappa shape index (κ2) is 5.89. The third-order valence-electron chi connectivity index (χ3n) is 1.89. The molecule has 0 unspecified atom stereocenters. The van der Waals surface area contributed by atoms with E-state index in [1.165, 1.54) is 6.07 Å². The molecule has 0 saturated carbocycles. The van der Waals surface area contributed by atoms with Crippen molar-refractivity contribution in [3.05, 3.63) is 28.5 Å². The van der Waals surface area contributed by atoms with Gasteiger partial charge >= 0.3 is 5.97 Å². The zero-order valence-corrected chi connectivity index (χ0v) is 9.81. The molecule has 4 nitrogen and oxygen atoms in total. The number of esters is 1. The van der Waals surface area contributed by atoms with E-state index in [1.807, 2.05) is 0 Å². The number of hydrogen-bond donors (Lipinski definition) is 2. The second-order valence-corrected chi connectivity index (χ2v) is 3.18. The summed E-state index contributed by atoms with van der Waals surface area (Å²) < 4.78 is 17.2. The Labute approximate surface area is 103 Å². The van der Waals surface area contributed by atoms with E-state index in [9.17, 15) is 14.3 Å². The number of methoxy groups -OCH3 is 1. The fourth-order valence-corrected chi connectivity index (χ4v) is 1.23. The summed E-state index contributed by atoms with van der Waals surface area (Å²) in [6.07, 6.45) is 0. The van der Waals surface area contributed by atoms with Crippen LogP contribution in [-0.2, 0) is 9.53 Å². The molecule has 0 spiro atoms. The Balaban J connectivity index is 0.00000225. The third-order valence-corrected chi connectivity index (χ3v) is 2.25. The first kappa shape index (κ1) is 15.0. The Bertz CT molecular complexity index is 401. The minimum Gasteiger partial charge on any atom is -0.506 e. The van der Waals surface area contributed by atoms with Gasteiger partial charge < -0.3 is 15.6 Å².